The molecule has 0 unspecified atom stereocenters. The molecule has 1 fully saturated rings. The number of carbonyl (C=O) groups excluding carboxylic acids is 2. The maximum absolute atomic E-state index is 12.7. The Kier molecular flexibility index (Phi) is 3.86. The number of β-lactam (4-membered cyclic amide) rings is 1. The second-order valence-electron chi connectivity index (χ2n) is 5.65. The van der Waals surface area contributed by atoms with E-state index in [9.17, 15) is 9.59 Å². The maximum Gasteiger partial charge on any atom is 0.356 e. The lowest BCUT2D eigenvalue weighted by atomic mass is 10.1. The summed E-state index contributed by atoms with van der Waals surface area (Å²) in [7, 11) is 0. The molecule has 0 spiro atoms. The molecule has 2 aliphatic rings. The van der Waals surface area contributed by atoms with E-state index in [1.165, 1.54) is 0 Å². The Hall–Kier alpha value is -2.53. The first-order valence-corrected chi connectivity index (χ1v) is 8.61. The Morgan fingerprint density at radius 2 is 1.75 bits per heavy atom. The first-order chi connectivity index (χ1) is 11.7. The smallest absolute Gasteiger partial charge is 0.356 e. The van der Waals surface area contributed by atoms with Crippen LogP contribution in [-0.2, 0) is 20.9 Å². The average molecular weight is 337 g/mol. The van der Waals surface area contributed by atoms with Gasteiger partial charge in [0.15, 0.2) is 0 Å². The molecule has 120 valence electrons. The summed E-state index contributed by atoms with van der Waals surface area (Å²) in [6.07, 6.45) is 0.469. The minimum atomic E-state index is -0.444. The van der Waals surface area contributed by atoms with Crippen molar-refractivity contribution in [1.29, 1.82) is 0 Å². The van der Waals surface area contributed by atoms with Gasteiger partial charge < -0.3 is 4.74 Å². The van der Waals surface area contributed by atoms with Crippen LogP contribution < -0.4 is 0 Å². The number of hydrogen-bond donors (Lipinski definition) is 0. The fourth-order valence-corrected chi connectivity index (χ4v) is 4.22. The van der Waals surface area contributed by atoms with Gasteiger partial charge in [-0.2, -0.15) is 0 Å². The number of rotatable bonds is 4. The first-order valence-electron chi connectivity index (χ1n) is 7.73. The van der Waals surface area contributed by atoms with Crippen molar-refractivity contribution >= 4 is 28.5 Å². The van der Waals surface area contributed by atoms with Gasteiger partial charge in [-0.05, 0) is 11.1 Å². The maximum atomic E-state index is 12.7. The second kappa shape index (κ2) is 6.17. The van der Waals surface area contributed by atoms with E-state index in [1.54, 1.807) is 16.7 Å². The van der Waals surface area contributed by atoms with Crippen molar-refractivity contribution in [2.45, 2.75) is 18.4 Å². The Labute approximate surface area is 144 Å². The minimum Gasteiger partial charge on any atom is -0.456 e. The number of ether oxygens (including phenoxy) is 1. The quantitative estimate of drug-likeness (QED) is 0.634. The molecule has 5 heteroatoms. The molecule has 1 saturated heterocycles. The number of nitrogens with zero attached hydrogens (tertiary/aromatic N) is 1. The SMILES string of the molecule is O=C(OCc1ccccc1)C1=C(c2ccccc2)S[C@H]2CC(=O)N12. The third-order valence-electron chi connectivity index (χ3n) is 4.06. The normalized spacial score (nSPS) is 19.1. The van der Waals surface area contributed by atoms with Crippen molar-refractivity contribution in [2.24, 2.45) is 0 Å². The highest BCUT2D eigenvalue weighted by Crippen LogP contribution is 2.50. The van der Waals surface area contributed by atoms with Crippen LogP contribution in [0.25, 0.3) is 4.91 Å². The third kappa shape index (κ3) is 2.61. The molecule has 0 bridgehead atoms. The lowest BCUT2D eigenvalue weighted by Crippen LogP contribution is -2.48. The van der Waals surface area contributed by atoms with Crippen molar-refractivity contribution in [1.82, 2.24) is 4.90 Å². The first kappa shape index (κ1) is 15.0. The van der Waals surface area contributed by atoms with E-state index >= 15 is 0 Å². The predicted octanol–water partition coefficient (Wildman–Crippen LogP) is 3.40. The van der Waals surface area contributed by atoms with E-state index in [0.29, 0.717) is 12.1 Å². The largest absolute Gasteiger partial charge is 0.456 e. The Bertz CT molecular complexity index is 817. The number of carbonyl (C=O) groups is 2. The zero-order valence-corrected chi connectivity index (χ0v) is 13.7. The Balaban J connectivity index is 1.61. The van der Waals surface area contributed by atoms with Crippen LogP contribution in [0.2, 0.25) is 0 Å². The summed E-state index contributed by atoms with van der Waals surface area (Å²) < 4.78 is 5.46. The van der Waals surface area contributed by atoms with Gasteiger partial charge in [0.2, 0.25) is 5.91 Å². The van der Waals surface area contributed by atoms with Gasteiger partial charge in [0.1, 0.15) is 12.3 Å². The molecule has 4 nitrogen and oxygen atoms in total. The molecular formula is C19H15NO3S. The molecule has 0 radical (unpaired) electrons. The molecule has 1 amide bonds. The Morgan fingerprint density at radius 3 is 2.42 bits per heavy atom. The van der Waals surface area contributed by atoms with Crippen molar-refractivity contribution in [2.75, 3.05) is 0 Å². The van der Waals surface area contributed by atoms with E-state index in [4.69, 9.17) is 4.74 Å². The van der Waals surface area contributed by atoms with Crippen LogP contribution in [0.15, 0.2) is 66.4 Å². The molecule has 4 rings (SSSR count). The van der Waals surface area contributed by atoms with Crippen molar-refractivity contribution in [3.63, 3.8) is 0 Å². The molecule has 0 aliphatic carbocycles. The number of thioether (sulfide) groups is 1. The number of fused-ring (bicyclic) bond motifs is 1. The van der Waals surface area contributed by atoms with Crippen LogP contribution >= 0.6 is 11.8 Å². The fourth-order valence-electron chi connectivity index (χ4n) is 2.83. The summed E-state index contributed by atoms with van der Waals surface area (Å²) in [4.78, 5) is 27.0. The summed E-state index contributed by atoms with van der Waals surface area (Å²) in [5.74, 6) is -0.467. The van der Waals surface area contributed by atoms with Crippen molar-refractivity contribution in [3.05, 3.63) is 77.5 Å². The summed E-state index contributed by atoms with van der Waals surface area (Å²) in [5, 5.41) is 0.0204. The molecule has 2 aliphatic heterocycles. The van der Waals surface area contributed by atoms with Crippen LogP contribution in [0.3, 0.4) is 0 Å². The van der Waals surface area contributed by atoms with E-state index in [2.05, 4.69) is 0 Å². The number of esters is 1. The summed E-state index contributed by atoms with van der Waals surface area (Å²) in [5.41, 5.74) is 2.24. The van der Waals surface area contributed by atoms with E-state index in [-0.39, 0.29) is 17.9 Å². The number of benzene rings is 2. The highest BCUT2D eigenvalue weighted by molar-refractivity contribution is 8.09. The summed E-state index contributed by atoms with van der Waals surface area (Å²) in [6.45, 7) is 0.197. The van der Waals surface area contributed by atoms with Crippen LogP contribution in [0, 0.1) is 0 Å². The number of hydrogen-bond acceptors (Lipinski definition) is 4. The van der Waals surface area contributed by atoms with E-state index in [0.717, 1.165) is 16.0 Å². The zero-order valence-electron chi connectivity index (χ0n) is 12.8. The topological polar surface area (TPSA) is 46.6 Å². The molecular weight excluding hydrogens is 322 g/mol. The van der Waals surface area contributed by atoms with Gasteiger partial charge >= 0.3 is 5.97 Å². The van der Waals surface area contributed by atoms with Gasteiger partial charge in [0.25, 0.3) is 0 Å². The van der Waals surface area contributed by atoms with Gasteiger partial charge in [-0.15, -0.1) is 0 Å². The number of amides is 1. The average Bonchev–Trinajstić information content (AvgIpc) is 2.94. The van der Waals surface area contributed by atoms with E-state index in [1.807, 2.05) is 60.7 Å². The molecule has 0 aromatic heterocycles. The van der Waals surface area contributed by atoms with Crippen LogP contribution in [0.4, 0.5) is 0 Å². The van der Waals surface area contributed by atoms with Crippen molar-refractivity contribution < 1.29 is 14.3 Å². The zero-order chi connectivity index (χ0) is 16.5. The lowest BCUT2D eigenvalue weighted by Gasteiger charge is -2.34. The molecule has 24 heavy (non-hydrogen) atoms. The lowest BCUT2D eigenvalue weighted by molar-refractivity contribution is -0.149. The van der Waals surface area contributed by atoms with Gasteiger partial charge in [-0.25, -0.2) is 4.79 Å². The second-order valence-corrected chi connectivity index (χ2v) is 6.83. The van der Waals surface area contributed by atoms with Crippen LogP contribution in [0.5, 0.6) is 0 Å². The molecule has 0 N–H and O–H groups in total. The predicted molar refractivity (Wildman–Crippen MR) is 92.4 cm³/mol. The highest BCUT2D eigenvalue weighted by atomic mass is 32.2. The van der Waals surface area contributed by atoms with Gasteiger partial charge in [-0.3, -0.25) is 9.69 Å². The van der Waals surface area contributed by atoms with Crippen LogP contribution in [-0.4, -0.2) is 22.2 Å². The highest BCUT2D eigenvalue weighted by Gasteiger charge is 2.49. The third-order valence-corrected chi connectivity index (χ3v) is 5.37. The van der Waals surface area contributed by atoms with Gasteiger partial charge in [-0.1, -0.05) is 72.4 Å². The van der Waals surface area contributed by atoms with Crippen molar-refractivity contribution in [3.8, 4) is 0 Å². The molecule has 2 aromatic rings. The van der Waals surface area contributed by atoms with Gasteiger partial charge in [0.05, 0.1) is 11.8 Å². The summed E-state index contributed by atoms with van der Waals surface area (Å²) in [6, 6.07) is 19.2. The van der Waals surface area contributed by atoms with E-state index < -0.39 is 5.97 Å². The molecule has 2 heterocycles. The standard InChI is InChI=1S/C19H15NO3S/c21-15-11-16-20(15)17(18(24-16)14-9-5-2-6-10-14)19(22)23-12-13-7-3-1-4-8-13/h1-10,16H,11-12H2/t16-/m0/s1. The fraction of sp³-hybridized carbons (Fsp3) is 0.158. The van der Waals surface area contributed by atoms with Gasteiger partial charge in [0, 0.05) is 4.91 Å². The molecule has 1 atom stereocenters. The monoisotopic (exact) mass is 337 g/mol. The Morgan fingerprint density at radius 1 is 1.08 bits per heavy atom. The molecule has 2 aromatic carbocycles. The van der Waals surface area contributed by atoms with Crippen LogP contribution in [0.1, 0.15) is 17.5 Å². The minimum absolute atomic E-state index is 0.0204. The molecule has 0 saturated carbocycles. The summed E-state index contributed by atoms with van der Waals surface area (Å²) >= 11 is 1.56.